The summed E-state index contributed by atoms with van der Waals surface area (Å²) in [5.41, 5.74) is 3.49. The van der Waals surface area contributed by atoms with Gasteiger partial charge < -0.3 is 14.4 Å². The highest BCUT2D eigenvalue weighted by atomic mass is 16.5. The molecule has 1 aromatic heterocycles. The van der Waals surface area contributed by atoms with Gasteiger partial charge in [-0.2, -0.15) is 0 Å². The van der Waals surface area contributed by atoms with Gasteiger partial charge in [0.2, 0.25) is 0 Å². The van der Waals surface area contributed by atoms with E-state index in [4.69, 9.17) is 4.74 Å². The molecule has 3 aliphatic rings. The molecular weight excluding hydrogens is 362 g/mol. The molecule has 0 unspecified atom stereocenters. The lowest BCUT2D eigenvalue weighted by atomic mass is 9.65. The summed E-state index contributed by atoms with van der Waals surface area (Å²) in [4.78, 5) is 7.10. The van der Waals surface area contributed by atoms with E-state index in [1.165, 1.54) is 42.4 Å². The summed E-state index contributed by atoms with van der Waals surface area (Å²) in [6.07, 6.45) is 10.7. The average molecular weight is 396 g/mol. The fourth-order valence-electron chi connectivity index (χ4n) is 6.10. The molecule has 5 nitrogen and oxygen atoms in total. The molecule has 1 N–H and O–H groups in total. The summed E-state index contributed by atoms with van der Waals surface area (Å²) >= 11 is 0. The van der Waals surface area contributed by atoms with Crippen LogP contribution in [0.3, 0.4) is 0 Å². The smallest absolute Gasteiger partial charge is 0.141 e. The van der Waals surface area contributed by atoms with Crippen molar-refractivity contribution in [1.82, 2.24) is 14.5 Å². The Balaban J connectivity index is 1.41. The van der Waals surface area contributed by atoms with E-state index in [0.717, 1.165) is 44.0 Å². The first-order valence-corrected chi connectivity index (χ1v) is 11.3. The number of nitrogens with zero attached hydrogens (tertiary/aromatic N) is 3. The number of imidazole rings is 1. The van der Waals surface area contributed by atoms with Gasteiger partial charge in [0.25, 0.3) is 0 Å². The molecule has 0 radical (unpaired) electrons. The molecule has 2 heterocycles. The minimum absolute atomic E-state index is 0.237. The third kappa shape index (κ3) is 3.19. The maximum Gasteiger partial charge on any atom is 0.141 e. The van der Waals surface area contributed by atoms with E-state index >= 15 is 0 Å². The Morgan fingerprint density at radius 2 is 1.86 bits per heavy atom. The first kappa shape index (κ1) is 19.1. The van der Waals surface area contributed by atoms with Crippen LogP contribution >= 0.6 is 0 Å². The highest BCUT2D eigenvalue weighted by Gasteiger charge is 2.53. The molecule has 1 aliphatic heterocycles. The van der Waals surface area contributed by atoms with Crippen LogP contribution in [0.1, 0.15) is 55.1 Å². The van der Waals surface area contributed by atoms with Gasteiger partial charge in [0.15, 0.2) is 0 Å². The Bertz CT molecular complexity index is 876. The van der Waals surface area contributed by atoms with Crippen molar-refractivity contribution < 1.29 is 9.84 Å². The van der Waals surface area contributed by atoms with Crippen LogP contribution in [0, 0.1) is 11.8 Å². The van der Waals surface area contributed by atoms with E-state index in [1.54, 1.807) is 0 Å². The zero-order valence-electron chi connectivity index (χ0n) is 17.7. The first-order valence-electron chi connectivity index (χ1n) is 11.3. The Morgan fingerprint density at radius 3 is 2.52 bits per heavy atom. The van der Waals surface area contributed by atoms with Crippen LogP contribution in [0.15, 0.2) is 24.5 Å². The van der Waals surface area contributed by atoms with E-state index in [-0.39, 0.29) is 11.8 Å². The maximum absolute atomic E-state index is 11.8. The van der Waals surface area contributed by atoms with E-state index < -0.39 is 5.60 Å². The van der Waals surface area contributed by atoms with Gasteiger partial charge in [-0.15, -0.1) is 0 Å². The molecule has 5 rings (SSSR count). The highest BCUT2D eigenvalue weighted by Crippen LogP contribution is 2.49. The average Bonchev–Trinajstić information content (AvgIpc) is 3.31. The fraction of sp³-hybridized carbons (Fsp3) is 0.625. The van der Waals surface area contributed by atoms with Crippen LogP contribution in [0.25, 0.3) is 0 Å². The van der Waals surface area contributed by atoms with Gasteiger partial charge in [0.05, 0.1) is 6.61 Å². The Hall–Kier alpha value is -1.85. The first-order chi connectivity index (χ1) is 14.1. The Labute approximate surface area is 173 Å². The zero-order valence-corrected chi connectivity index (χ0v) is 17.7. The number of rotatable bonds is 5. The SMILES string of the molecule is CCOc1cc2c(cc1CN1C[C@@H]3CCC[C@@H](C1)C3(O)c1nccn1C)CCC2. The standard InChI is InChI=1S/C24H33N3O2/c1-3-29-22-13-18-7-4-6-17(18)12-19(22)14-27-15-20-8-5-9-21(16-27)24(20,28)23-25-10-11-26(23)2/h10-13,20-21,28H,3-9,14-16H2,1-2H3/t20-,21-/m0/s1. The second kappa shape index (κ2) is 7.44. The van der Waals surface area contributed by atoms with Crippen LogP contribution in [0.5, 0.6) is 5.75 Å². The lowest BCUT2D eigenvalue weighted by Crippen LogP contribution is -2.58. The van der Waals surface area contributed by atoms with Crippen LogP contribution in [-0.2, 0) is 32.0 Å². The van der Waals surface area contributed by atoms with Gasteiger partial charge in [0.1, 0.15) is 17.2 Å². The van der Waals surface area contributed by atoms with Gasteiger partial charge in [-0.25, -0.2) is 4.98 Å². The number of likely N-dealkylation sites (tertiary alicyclic amines) is 1. The molecular formula is C24H33N3O2. The van der Waals surface area contributed by atoms with Crippen molar-refractivity contribution in [2.24, 2.45) is 18.9 Å². The highest BCUT2D eigenvalue weighted by molar-refractivity contribution is 5.45. The predicted molar refractivity (Wildman–Crippen MR) is 113 cm³/mol. The van der Waals surface area contributed by atoms with Crippen molar-refractivity contribution in [3.8, 4) is 5.75 Å². The minimum Gasteiger partial charge on any atom is -0.494 e. The number of ether oxygens (including phenoxy) is 1. The number of piperidine rings is 1. The largest absolute Gasteiger partial charge is 0.494 e. The van der Waals surface area contributed by atoms with Crippen molar-refractivity contribution in [3.63, 3.8) is 0 Å². The van der Waals surface area contributed by atoms with Crippen molar-refractivity contribution >= 4 is 0 Å². The molecule has 1 saturated heterocycles. The summed E-state index contributed by atoms with van der Waals surface area (Å²) in [6, 6.07) is 4.68. The summed E-state index contributed by atoms with van der Waals surface area (Å²) in [6.45, 7) is 5.52. The number of benzene rings is 1. The van der Waals surface area contributed by atoms with Crippen molar-refractivity contribution in [3.05, 3.63) is 47.0 Å². The lowest BCUT2D eigenvalue weighted by Gasteiger charge is -2.52. The second-order valence-corrected chi connectivity index (χ2v) is 9.22. The lowest BCUT2D eigenvalue weighted by molar-refractivity contribution is -0.155. The van der Waals surface area contributed by atoms with Gasteiger partial charge in [0, 0.05) is 56.5 Å². The van der Waals surface area contributed by atoms with E-state index in [2.05, 4.69) is 28.9 Å². The normalized spacial score (nSPS) is 29.1. The molecule has 1 saturated carbocycles. The summed E-state index contributed by atoms with van der Waals surface area (Å²) < 4.78 is 8.03. The van der Waals surface area contributed by atoms with Gasteiger partial charge in [-0.1, -0.05) is 12.5 Å². The van der Waals surface area contributed by atoms with Gasteiger partial charge in [-0.05, 0) is 56.2 Å². The van der Waals surface area contributed by atoms with Crippen molar-refractivity contribution in [2.45, 2.75) is 57.6 Å². The van der Waals surface area contributed by atoms with Gasteiger partial charge in [-0.3, -0.25) is 4.90 Å². The van der Waals surface area contributed by atoms with Crippen LogP contribution in [0.4, 0.5) is 0 Å². The predicted octanol–water partition coefficient (Wildman–Crippen LogP) is 3.43. The van der Waals surface area contributed by atoms with E-state index in [0.29, 0.717) is 6.61 Å². The summed E-state index contributed by atoms with van der Waals surface area (Å²) in [5, 5.41) is 11.8. The number of hydrogen-bond donors (Lipinski definition) is 1. The molecule has 2 atom stereocenters. The molecule has 156 valence electrons. The van der Waals surface area contributed by atoms with Crippen LogP contribution in [-0.4, -0.2) is 39.3 Å². The van der Waals surface area contributed by atoms with Crippen LogP contribution in [0.2, 0.25) is 0 Å². The molecule has 0 amide bonds. The number of aromatic nitrogens is 2. The molecule has 2 bridgehead atoms. The molecule has 2 aromatic rings. The Morgan fingerprint density at radius 1 is 1.14 bits per heavy atom. The van der Waals surface area contributed by atoms with E-state index in [9.17, 15) is 5.11 Å². The molecule has 2 fully saturated rings. The summed E-state index contributed by atoms with van der Waals surface area (Å²) in [5.74, 6) is 2.38. The number of aliphatic hydroxyl groups is 1. The number of hydrogen-bond acceptors (Lipinski definition) is 4. The molecule has 1 aromatic carbocycles. The van der Waals surface area contributed by atoms with Gasteiger partial charge >= 0.3 is 0 Å². The third-order valence-corrected chi connectivity index (χ3v) is 7.46. The molecule has 29 heavy (non-hydrogen) atoms. The molecule has 5 heteroatoms. The topological polar surface area (TPSA) is 50.5 Å². The summed E-state index contributed by atoms with van der Waals surface area (Å²) in [7, 11) is 2.00. The number of aryl methyl sites for hydroxylation is 3. The van der Waals surface area contributed by atoms with Crippen molar-refractivity contribution in [1.29, 1.82) is 0 Å². The third-order valence-electron chi connectivity index (χ3n) is 7.46. The zero-order chi connectivity index (χ0) is 20.0. The molecule has 0 spiro atoms. The van der Waals surface area contributed by atoms with E-state index in [1.807, 2.05) is 24.0 Å². The Kier molecular flexibility index (Phi) is 4.91. The molecule has 2 aliphatic carbocycles. The minimum atomic E-state index is -0.798. The van der Waals surface area contributed by atoms with Crippen molar-refractivity contribution in [2.75, 3.05) is 19.7 Å². The quantitative estimate of drug-likeness (QED) is 0.843. The second-order valence-electron chi connectivity index (χ2n) is 9.22. The van der Waals surface area contributed by atoms with Crippen LogP contribution < -0.4 is 4.74 Å². The maximum atomic E-state index is 11.8. The number of fused-ring (bicyclic) bond motifs is 3. The monoisotopic (exact) mass is 395 g/mol. The fourth-order valence-corrected chi connectivity index (χ4v) is 6.10.